The second-order valence-corrected chi connectivity index (χ2v) is 6.03. The van der Waals surface area contributed by atoms with E-state index in [1.54, 1.807) is 6.07 Å². The van der Waals surface area contributed by atoms with Gasteiger partial charge in [-0.1, -0.05) is 15.9 Å². The van der Waals surface area contributed by atoms with Gasteiger partial charge in [-0.05, 0) is 38.1 Å². The van der Waals surface area contributed by atoms with Crippen LogP contribution in [0.5, 0.6) is 0 Å². The van der Waals surface area contributed by atoms with E-state index in [4.69, 9.17) is 0 Å². The van der Waals surface area contributed by atoms with Crippen LogP contribution < -0.4 is 5.32 Å². The monoisotopic (exact) mass is 328 g/mol. The molecule has 0 unspecified atom stereocenters. The third-order valence-electron chi connectivity index (χ3n) is 3.12. The lowest BCUT2D eigenvalue weighted by atomic mass is 10.2. The van der Waals surface area contributed by atoms with Crippen LogP contribution in [0.25, 0.3) is 0 Å². The molecule has 0 heterocycles. The highest BCUT2D eigenvalue weighted by atomic mass is 79.9. The second kappa shape index (κ2) is 6.08. The summed E-state index contributed by atoms with van der Waals surface area (Å²) in [5, 5.41) is 2.93. The van der Waals surface area contributed by atoms with Crippen LogP contribution in [0.15, 0.2) is 27.6 Å². The number of nitrogens with zero attached hydrogens (tertiary/aromatic N) is 1. The quantitative estimate of drug-likeness (QED) is 0.814. The van der Waals surface area contributed by atoms with Gasteiger partial charge in [0.25, 0.3) is 5.91 Å². The highest BCUT2D eigenvalue weighted by Gasteiger charge is 2.25. The van der Waals surface area contributed by atoms with Crippen LogP contribution in [0.3, 0.4) is 0 Å². The van der Waals surface area contributed by atoms with E-state index in [1.807, 2.05) is 12.1 Å². The maximum atomic E-state index is 11.9. The highest BCUT2D eigenvalue weighted by molar-refractivity contribution is 9.10. The van der Waals surface area contributed by atoms with E-state index in [-0.39, 0.29) is 5.91 Å². The first-order chi connectivity index (χ1) is 8.58. The van der Waals surface area contributed by atoms with Crippen LogP contribution in [0.1, 0.15) is 23.2 Å². The van der Waals surface area contributed by atoms with Crippen LogP contribution in [0.4, 0.5) is 0 Å². The van der Waals surface area contributed by atoms with Gasteiger partial charge in [-0.3, -0.25) is 4.79 Å². The van der Waals surface area contributed by atoms with Crippen molar-refractivity contribution in [3.63, 3.8) is 0 Å². The molecule has 0 atom stereocenters. The van der Waals surface area contributed by atoms with Crippen molar-refractivity contribution in [3.05, 3.63) is 28.2 Å². The summed E-state index contributed by atoms with van der Waals surface area (Å²) in [5.41, 5.74) is 0.621. The minimum atomic E-state index is -0.0586. The van der Waals surface area contributed by atoms with Crippen molar-refractivity contribution in [3.8, 4) is 0 Å². The van der Waals surface area contributed by atoms with Gasteiger partial charge < -0.3 is 10.2 Å². The standard InChI is InChI=1S/C13H17BrN2OS/c1-16(10-3-4-10)7-6-15-13(17)11-5-2-9(14)8-12(11)18/h2,5,8,10,18H,3-4,6-7H2,1H3,(H,15,17). The molecule has 1 amide bonds. The number of hydrogen-bond donors (Lipinski definition) is 2. The zero-order chi connectivity index (χ0) is 13.1. The predicted octanol–water partition coefficient (Wildman–Crippen LogP) is 2.56. The first-order valence-electron chi connectivity index (χ1n) is 6.05. The van der Waals surface area contributed by atoms with Crippen LogP contribution in [0.2, 0.25) is 0 Å². The third kappa shape index (κ3) is 3.73. The summed E-state index contributed by atoms with van der Waals surface area (Å²) in [4.78, 5) is 14.9. The van der Waals surface area contributed by atoms with E-state index in [0.29, 0.717) is 17.0 Å². The zero-order valence-electron chi connectivity index (χ0n) is 10.3. The molecular weight excluding hydrogens is 312 g/mol. The van der Waals surface area contributed by atoms with Gasteiger partial charge in [-0.15, -0.1) is 12.6 Å². The Kier molecular flexibility index (Phi) is 4.70. The molecule has 1 aliphatic rings. The third-order valence-corrected chi connectivity index (χ3v) is 3.99. The summed E-state index contributed by atoms with van der Waals surface area (Å²) < 4.78 is 0.928. The molecule has 0 radical (unpaired) electrons. The van der Waals surface area contributed by atoms with Crippen LogP contribution in [-0.4, -0.2) is 37.0 Å². The molecule has 0 bridgehead atoms. The van der Waals surface area contributed by atoms with Crippen LogP contribution in [-0.2, 0) is 0 Å². The Balaban J connectivity index is 1.83. The Bertz CT molecular complexity index is 449. The van der Waals surface area contributed by atoms with Crippen molar-refractivity contribution in [1.29, 1.82) is 0 Å². The maximum absolute atomic E-state index is 11.9. The van der Waals surface area contributed by atoms with Crippen LogP contribution >= 0.6 is 28.6 Å². The van der Waals surface area contributed by atoms with Crippen molar-refractivity contribution in [1.82, 2.24) is 10.2 Å². The fraction of sp³-hybridized carbons (Fsp3) is 0.462. The number of halogens is 1. The topological polar surface area (TPSA) is 32.3 Å². The smallest absolute Gasteiger partial charge is 0.252 e. The zero-order valence-corrected chi connectivity index (χ0v) is 12.8. The summed E-state index contributed by atoms with van der Waals surface area (Å²) in [6, 6.07) is 6.20. The lowest BCUT2D eigenvalue weighted by Gasteiger charge is -2.16. The SMILES string of the molecule is CN(CCNC(=O)c1ccc(Br)cc1S)C1CC1. The molecule has 18 heavy (non-hydrogen) atoms. The molecule has 5 heteroatoms. The maximum Gasteiger partial charge on any atom is 0.252 e. The first-order valence-corrected chi connectivity index (χ1v) is 7.29. The van der Waals surface area contributed by atoms with E-state index in [1.165, 1.54) is 12.8 Å². The van der Waals surface area contributed by atoms with Gasteiger partial charge in [-0.2, -0.15) is 0 Å². The fourth-order valence-corrected chi connectivity index (χ4v) is 2.69. The predicted molar refractivity (Wildman–Crippen MR) is 79.4 cm³/mol. The first kappa shape index (κ1) is 13.9. The Morgan fingerprint density at radius 2 is 2.28 bits per heavy atom. The molecular formula is C13H17BrN2OS. The average molecular weight is 329 g/mol. The van der Waals surface area contributed by atoms with Gasteiger partial charge in [0.15, 0.2) is 0 Å². The van der Waals surface area contributed by atoms with Gasteiger partial charge in [0.2, 0.25) is 0 Å². The molecule has 0 aliphatic heterocycles. The number of nitrogens with one attached hydrogen (secondary N) is 1. The molecule has 98 valence electrons. The molecule has 0 aromatic heterocycles. The van der Waals surface area contributed by atoms with Gasteiger partial charge in [-0.25, -0.2) is 0 Å². The van der Waals surface area contributed by atoms with E-state index in [0.717, 1.165) is 17.1 Å². The van der Waals surface area contributed by atoms with Gasteiger partial charge in [0.1, 0.15) is 0 Å². The van der Waals surface area contributed by atoms with Crippen LogP contribution in [0, 0.1) is 0 Å². The van der Waals surface area contributed by atoms with Gasteiger partial charge >= 0.3 is 0 Å². The number of benzene rings is 1. The fourth-order valence-electron chi connectivity index (χ4n) is 1.84. The summed E-state index contributed by atoms with van der Waals surface area (Å²) in [5.74, 6) is -0.0586. The Morgan fingerprint density at radius 3 is 2.89 bits per heavy atom. The Morgan fingerprint density at radius 1 is 1.56 bits per heavy atom. The molecule has 0 spiro atoms. The normalized spacial score (nSPS) is 14.9. The number of carbonyl (C=O) groups is 1. The largest absolute Gasteiger partial charge is 0.351 e. The summed E-state index contributed by atoms with van der Waals surface area (Å²) in [6.07, 6.45) is 2.58. The number of hydrogen-bond acceptors (Lipinski definition) is 3. The van der Waals surface area contributed by atoms with E-state index in [9.17, 15) is 4.79 Å². The lowest BCUT2D eigenvalue weighted by Crippen LogP contribution is -2.34. The van der Waals surface area contributed by atoms with Crippen molar-refractivity contribution in [2.75, 3.05) is 20.1 Å². The molecule has 1 N–H and O–H groups in total. The molecule has 1 fully saturated rings. The van der Waals surface area contributed by atoms with E-state index in [2.05, 4.69) is 45.8 Å². The average Bonchev–Trinajstić information content (AvgIpc) is 3.12. The number of carbonyl (C=O) groups excluding carboxylic acids is 1. The minimum absolute atomic E-state index is 0.0586. The van der Waals surface area contributed by atoms with Crippen molar-refractivity contribution >= 4 is 34.5 Å². The number of thiol groups is 1. The van der Waals surface area contributed by atoms with Crippen molar-refractivity contribution in [2.24, 2.45) is 0 Å². The minimum Gasteiger partial charge on any atom is -0.351 e. The van der Waals surface area contributed by atoms with Gasteiger partial charge in [0.05, 0.1) is 5.56 Å². The summed E-state index contributed by atoms with van der Waals surface area (Å²) in [7, 11) is 2.10. The molecule has 1 aromatic rings. The molecule has 0 saturated heterocycles. The van der Waals surface area contributed by atoms with E-state index >= 15 is 0 Å². The summed E-state index contributed by atoms with van der Waals surface area (Å²) in [6.45, 7) is 1.57. The van der Waals surface area contributed by atoms with E-state index < -0.39 is 0 Å². The Hall–Kier alpha value is -0.520. The number of likely N-dealkylation sites (N-methyl/N-ethyl adjacent to an activating group) is 1. The molecule has 1 saturated carbocycles. The van der Waals surface area contributed by atoms with Crippen molar-refractivity contribution in [2.45, 2.75) is 23.8 Å². The lowest BCUT2D eigenvalue weighted by molar-refractivity contribution is 0.0946. The molecule has 1 aliphatic carbocycles. The second-order valence-electron chi connectivity index (χ2n) is 4.63. The number of rotatable bonds is 5. The molecule has 2 rings (SSSR count). The number of amides is 1. The molecule has 3 nitrogen and oxygen atoms in total. The summed E-state index contributed by atoms with van der Waals surface area (Å²) >= 11 is 7.66. The molecule has 1 aromatic carbocycles. The Labute approximate surface area is 121 Å². The highest BCUT2D eigenvalue weighted by Crippen LogP contribution is 2.24. The van der Waals surface area contributed by atoms with Gasteiger partial charge in [0, 0.05) is 28.5 Å². The van der Waals surface area contributed by atoms with Crippen molar-refractivity contribution < 1.29 is 4.79 Å².